The molecule has 1 atom stereocenters. The summed E-state index contributed by atoms with van der Waals surface area (Å²) in [5, 5.41) is 4.64. The van der Waals surface area contributed by atoms with E-state index in [1.54, 1.807) is 10.7 Å². The van der Waals surface area contributed by atoms with Crippen molar-refractivity contribution in [2.24, 2.45) is 0 Å². The average Bonchev–Trinajstić information content (AvgIpc) is 3.05. The number of rotatable bonds is 4. The van der Waals surface area contributed by atoms with Gasteiger partial charge in [0.05, 0.1) is 35.9 Å². The second-order valence-electron chi connectivity index (χ2n) is 7.36. The van der Waals surface area contributed by atoms with Crippen molar-refractivity contribution in [1.29, 1.82) is 0 Å². The summed E-state index contributed by atoms with van der Waals surface area (Å²) in [5.74, 6) is 0.173. The molecule has 0 saturated carbocycles. The van der Waals surface area contributed by atoms with Crippen molar-refractivity contribution in [2.75, 3.05) is 11.0 Å². The molecule has 164 valence electrons. The molecule has 0 bridgehead atoms. The van der Waals surface area contributed by atoms with Crippen molar-refractivity contribution in [2.45, 2.75) is 32.2 Å². The first-order valence-electron chi connectivity index (χ1n) is 9.35. The van der Waals surface area contributed by atoms with E-state index in [1.807, 2.05) is 6.92 Å². The van der Waals surface area contributed by atoms with Crippen LogP contribution in [0.2, 0.25) is 0 Å². The maximum atomic E-state index is 12.9. The first-order valence-corrected chi connectivity index (χ1v) is 11.2. The smallest absolute Gasteiger partial charge is 0.373 e. The molecule has 4 rings (SSSR count). The van der Waals surface area contributed by atoms with E-state index in [2.05, 4.69) is 14.8 Å². The zero-order chi connectivity index (χ0) is 22.4. The highest BCUT2D eigenvalue weighted by Crippen LogP contribution is 2.34. The molecule has 7 nitrogen and oxygen atoms in total. The number of benzene rings is 1. The Hall–Kier alpha value is -2.92. The van der Waals surface area contributed by atoms with Gasteiger partial charge in [0, 0.05) is 23.7 Å². The Morgan fingerprint density at radius 1 is 1.16 bits per heavy atom. The molecule has 11 heteroatoms. The Morgan fingerprint density at radius 3 is 2.45 bits per heavy atom. The normalized spacial score (nSPS) is 16.7. The van der Waals surface area contributed by atoms with E-state index in [4.69, 9.17) is 4.74 Å². The van der Waals surface area contributed by atoms with E-state index in [0.29, 0.717) is 30.0 Å². The molecule has 0 amide bonds. The summed E-state index contributed by atoms with van der Waals surface area (Å²) in [6.07, 6.45) is -1.41. The summed E-state index contributed by atoms with van der Waals surface area (Å²) in [7, 11) is -3.45. The van der Waals surface area contributed by atoms with Gasteiger partial charge in [-0.3, -0.25) is 4.72 Å². The number of pyridine rings is 1. The Kier molecular flexibility index (Phi) is 5.26. The molecule has 0 spiro atoms. The number of ether oxygens (including phenoxy) is 1. The van der Waals surface area contributed by atoms with Gasteiger partial charge in [-0.2, -0.15) is 18.3 Å². The topological polar surface area (TPSA) is 86.1 Å². The number of sulfonamides is 1. The van der Waals surface area contributed by atoms with Crippen molar-refractivity contribution in [3.8, 4) is 16.9 Å². The van der Waals surface area contributed by atoms with E-state index in [9.17, 15) is 21.6 Å². The fraction of sp³-hybridized carbons (Fsp3) is 0.300. The molecule has 0 saturated heterocycles. The quantitative estimate of drug-likeness (QED) is 0.651. The lowest BCUT2D eigenvalue weighted by Gasteiger charge is -2.21. The van der Waals surface area contributed by atoms with Gasteiger partial charge in [0.1, 0.15) is 11.5 Å². The first kappa shape index (κ1) is 21.3. The molecule has 2 aromatic heterocycles. The van der Waals surface area contributed by atoms with Crippen LogP contribution in [0, 0.1) is 0 Å². The van der Waals surface area contributed by atoms with Crippen LogP contribution in [0.3, 0.4) is 0 Å². The third-order valence-electron chi connectivity index (χ3n) is 4.85. The largest absolute Gasteiger partial charge is 0.416 e. The molecular weight excluding hydrogens is 433 g/mol. The minimum atomic E-state index is -4.41. The molecule has 1 aliphatic heterocycles. The number of aromatic nitrogens is 3. The summed E-state index contributed by atoms with van der Waals surface area (Å²) in [6.45, 7) is 2.22. The Morgan fingerprint density at radius 2 is 1.87 bits per heavy atom. The van der Waals surface area contributed by atoms with Crippen LogP contribution in [0.1, 0.15) is 23.7 Å². The van der Waals surface area contributed by atoms with E-state index in [-0.39, 0.29) is 11.9 Å². The van der Waals surface area contributed by atoms with Gasteiger partial charge in [-0.15, -0.1) is 0 Å². The zero-order valence-electron chi connectivity index (χ0n) is 16.6. The molecular formula is C20H19F3N4O3S. The standard InChI is InChI=1S/C20H19F3N4O3S/c1-12-9-17-16(11-30-12)19(13-3-8-18(24-10-13)26-31(2,28)29)25-27(17)15-6-4-14(5-7-15)20(21,22)23/h3-8,10,12H,9,11H2,1-2H3,(H,24,26)/t12-/m0/s1. The van der Waals surface area contributed by atoms with Crippen LogP contribution in [0.4, 0.5) is 19.0 Å². The zero-order valence-corrected chi connectivity index (χ0v) is 17.5. The maximum absolute atomic E-state index is 12.9. The number of halogens is 3. The molecule has 0 fully saturated rings. The molecule has 1 N–H and O–H groups in total. The fourth-order valence-corrected chi connectivity index (χ4v) is 3.93. The molecule has 0 aliphatic carbocycles. The van der Waals surface area contributed by atoms with Gasteiger partial charge in [-0.1, -0.05) is 0 Å². The highest BCUT2D eigenvalue weighted by Gasteiger charge is 2.31. The second-order valence-corrected chi connectivity index (χ2v) is 9.11. The Labute approximate surface area is 176 Å². The van der Waals surface area contributed by atoms with Crippen molar-refractivity contribution in [3.63, 3.8) is 0 Å². The van der Waals surface area contributed by atoms with Crippen molar-refractivity contribution < 1.29 is 26.3 Å². The average molecular weight is 452 g/mol. The van der Waals surface area contributed by atoms with Crippen LogP contribution < -0.4 is 4.72 Å². The lowest BCUT2D eigenvalue weighted by Crippen LogP contribution is -2.21. The molecule has 1 aromatic carbocycles. The van der Waals surface area contributed by atoms with Gasteiger partial charge < -0.3 is 4.74 Å². The highest BCUT2D eigenvalue weighted by molar-refractivity contribution is 7.92. The lowest BCUT2D eigenvalue weighted by molar-refractivity contribution is -0.137. The van der Waals surface area contributed by atoms with E-state index < -0.39 is 21.8 Å². The van der Waals surface area contributed by atoms with Gasteiger partial charge in [0.25, 0.3) is 0 Å². The summed E-state index contributed by atoms with van der Waals surface area (Å²) in [4.78, 5) is 4.12. The molecule has 31 heavy (non-hydrogen) atoms. The number of nitrogens with one attached hydrogen (secondary N) is 1. The third kappa shape index (κ3) is 4.57. The summed E-state index contributed by atoms with van der Waals surface area (Å²) in [6, 6.07) is 8.03. The predicted molar refractivity (Wildman–Crippen MR) is 108 cm³/mol. The number of hydrogen-bond acceptors (Lipinski definition) is 5. The van der Waals surface area contributed by atoms with Crippen molar-refractivity contribution in [1.82, 2.24) is 14.8 Å². The molecule has 0 radical (unpaired) electrons. The summed E-state index contributed by atoms with van der Waals surface area (Å²) >= 11 is 0. The second kappa shape index (κ2) is 7.65. The van der Waals surface area contributed by atoms with Crippen molar-refractivity contribution in [3.05, 3.63) is 59.4 Å². The van der Waals surface area contributed by atoms with Crippen LogP contribution in [0.25, 0.3) is 16.9 Å². The first-order chi connectivity index (χ1) is 14.5. The van der Waals surface area contributed by atoms with Crippen LogP contribution in [0.5, 0.6) is 0 Å². The number of nitrogens with zero attached hydrogens (tertiary/aromatic N) is 3. The fourth-order valence-electron chi connectivity index (χ4n) is 3.42. The van der Waals surface area contributed by atoms with Crippen LogP contribution in [0.15, 0.2) is 42.6 Å². The number of alkyl halides is 3. The van der Waals surface area contributed by atoms with Crippen molar-refractivity contribution >= 4 is 15.8 Å². The van der Waals surface area contributed by atoms with E-state index in [0.717, 1.165) is 29.6 Å². The minimum absolute atomic E-state index is 0.0651. The highest BCUT2D eigenvalue weighted by atomic mass is 32.2. The van der Waals surface area contributed by atoms with Gasteiger partial charge in [0.15, 0.2) is 0 Å². The van der Waals surface area contributed by atoms with Gasteiger partial charge in [-0.25, -0.2) is 18.1 Å². The maximum Gasteiger partial charge on any atom is 0.416 e. The molecule has 0 unspecified atom stereocenters. The van der Waals surface area contributed by atoms with E-state index >= 15 is 0 Å². The van der Waals surface area contributed by atoms with Crippen LogP contribution >= 0.6 is 0 Å². The minimum Gasteiger partial charge on any atom is -0.373 e. The van der Waals surface area contributed by atoms with Gasteiger partial charge >= 0.3 is 6.18 Å². The monoisotopic (exact) mass is 452 g/mol. The molecule has 1 aliphatic rings. The SMILES string of the molecule is C[C@H]1Cc2c(c(-c3ccc(NS(C)(=O)=O)nc3)nn2-c2ccc(C(F)(F)F)cc2)CO1. The lowest BCUT2D eigenvalue weighted by atomic mass is 10.0. The number of fused-ring (bicyclic) bond motifs is 1. The Balaban J connectivity index is 1.75. The molecule has 3 aromatic rings. The van der Waals surface area contributed by atoms with Gasteiger partial charge in [0.2, 0.25) is 10.0 Å². The Bertz CT molecular complexity index is 1200. The summed E-state index contributed by atoms with van der Waals surface area (Å²) < 4.78 is 71.2. The van der Waals surface area contributed by atoms with Crippen LogP contribution in [-0.2, 0) is 34.0 Å². The number of anilines is 1. The predicted octanol–water partition coefficient (Wildman–Crippen LogP) is 3.79. The number of hydrogen-bond donors (Lipinski definition) is 1. The van der Waals surface area contributed by atoms with Gasteiger partial charge in [-0.05, 0) is 43.3 Å². The third-order valence-corrected chi connectivity index (χ3v) is 5.43. The summed E-state index contributed by atoms with van der Waals surface area (Å²) in [5.41, 5.74) is 2.68. The van der Waals surface area contributed by atoms with E-state index in [1.165, 1.54) is 24.4 Å². The molecule has 3 heterocycles. The van der Waals surface area contributed by atoms with Crippen LogP contribution in [-0.4, -0.2) is 35.5 Å².